The summed E-state index contributed by atoms with van der Waals surface area (Å²) < 4.78 is 13.1. The first kappa shape index (κ1) is 20.7. The molecular formula is C22H26N4O3S. The van der Waals surface area contributed by atoms with Gasteiger partial charge in [0.05, 0.1) is 19.0 Å². The molecule has 3 aromatic rings. The molecule has 0 saturated carbocycles. The number of imidazole rings is 1. The molecule has 1 amide bonds. The fourth-order valence-corrected chi connectivity index (χ4v) is 4.18. The topological polar surface area (TPSA) is 72.5 Å². The van der Waals surface area contributed by atoms with Crippen LogP contribution in [0.2, 0.25) is 0 Å². The van der Waals surface area contributed by atoms with Gasteiger partial charge < -0.3 is 19.0 Å². The maximum atomic E-state index is 12.6. The normalized spacial score (nSPS) is 14.7. The lowest BCUT2D eigenvalue weighted by Crippen LogP contribution is -2.36. The minimum atomic E-state index is -0.204. The van der Waals surface area contributed by atoms with Gasteiger partial charge in [-0.25, -0.2) is 4.98 Å². The number of ether oxygens (including phenoxy) is 1. The van der Waals surface area contributed by atoms with Gasteiger partial charge in [-0.05, 0) is 23.3 Å². The van der Waals surface area contributed by atoms with E-state index >= 15 is 0 Å². The second kappa shape index (κ2) is 9.97. The number of aromatic nitrogens is 2. The first-order chi connectivity index (χ1) is 14.7. The Labute approximate surface area is 180 Å². The van der Waals surface area contributed by atoms with Crippen LogP contribution < -0.4 is 5.32 Å². The summed E-state index contributed by atoms with van der Waals surface area (Å²) in [5, 5.41) is 3.90. The Kier molecular flexibility index (Phi) is 6.88. The van der Waals surface area contributed by atoms with Crippen molar-refractivity contribution >= 4 is 17.7 Å². The molecule has 1 aliphatic heterocycles. The largest absolute Gasteiger partial charge is 0.455 e. The number of amides is 1. The molecule has 1 N–H and O–H groups in total. The highest BCUT2D eigenvalue weighted by molar-refractivity contribution is 7.98. The summed E-state index contributed by atoms with van der Waals surface area (Å²) in [7, 11) is 1.95. The second-order valence-corrected chi connectivity index (χ2v) is 8.16. The van der Waals surface area contributed by atoms with E-state index in [0.717, 1.165) is 49.3 Å². The van der Waals surface area contributed by atoms with E-state index in [-0.39, 0.29) is 5.91 Å². The van der Waals surface area contributed by atoms with E-state index in [0.29, 0.717) is 18.1 Å². The van der Waals surface area contributed by atoms with Crippen molar-refractivity contribution in [3.05, 3.63) is 71.4 Å². The minimum Gasteiger partial charge on any atom is -0.455 e. The lowest BCUT2D eigenvalue weighted by Gasteiger charge is -2.27. The number of nitrogens with zero attached hydrogens (tertiary/aromatic N) is 3. The Bertz CT molecular complexity index is 978. The Morgan fingerprint density at radius 3 is 2.73 bits per heavy atom. The van der Waals surface area contributed by atoms with E-state index < -0.39 is 0 Å². The third kappa shape index (κ3) is 5.33. The number of morpholine rings is 1. The summed E-state index contributed by atoms with van der Waals surface area (Å²) in [5.74, 6) is 1.50. The third-order valence-electron chi connectivity index (χ3n) is 5.06. The van der Waals surface area contributed by atoms with Crippen LogP contribution >= 0.6 is 11.8 Å². The molecule has 0 atom stereocenters. The van der Waals surface area contributed by atoms with Crippen molar-refractivity contribution < 1.29 is 13.9 Å². The van der Waals surface area contributed by atoms with E-state index in [9.17, 15) is 4.79 Å². The zero-order chi connectivity index (χ0) is 20.8. The number of carbonyl (C=O) groups is 1. The van der Waals surface area contributed by atoms with Crippen LogP contribution in [0.1, 0.15) is 27.4 Å². The van der Waals surface area contributed by atoms with Crippen molar-refractivity contribution in [1.29, 1.82) is 0 Å². The SMILES string of the molecule is Cn1ccnc1SCc1ccc(C(=O)NCc2ccccc2CN2CCOCC2)o1. The van der Waals surface area contributed by atoms with Gasteiger partial charge in [-0.3, -0.25) is 9.69 Å². The van der Waals surface area contributed by atoms with Gasteiger partial charge in [0.25, 0.3) is 5.91 Å². The Morgan fingerprint density at radius 2 is 1.97 bits per heavy atom. The van der Waals surface area contributed by atoms with E-state index in [1.165, 1.54) is 5.56 Å². The summed E-state index contributed by atoms with van der Waals surface area (Å²) >= 11 is 1.57. The maximum absolute atomic E-state index is 12.6. The number of furan rings is 1. The first-order valence-electron chi connectivity index (χ1n) is 10.0. The average Bonchev–Trinajstić information content (AvgIpc) is 3.41. The van der Waals surface area contributed by atoms with Crippen LogP contribution in [0.3, 0.4) is 0 Å². The molecule has 4 rings (SSSR count). The predicted octanol–water partition coefficient (Wildman–Crippen LogP) is 3.07. The van der Waals surface area contributed by atoms with Gasteiger partial charge in [0.1, 0.15) is 5.76 Å². The van der Waals surface area contributed by atoms with Gasteiger partial charge in [0, 0.05) is 45.6 Å². The molecule has 7 nitrogen and oxygen atoms in total. The van der Waals surface area contributed by atoms with Crippen LogP contribution in [0.4, 0.5) is 0 Å². The molecule has 1 saturated heterocycles. The summed E-state index contributed by atoms with van der Waals surface area (Å²) in [6.07, 6.45) is 3.67. The Balaban J connectivity index is 1.31. The highest BCUT2D eigenvalue weighted by Crippen LogP contribution is 2.22. The smallest absolute Gasteiger partial charge is 0.287 e. The van der Waals surface area contributed by atoms with Crippen molar-refractivity contribution in [3.8, 4) is 0 Å². The highest BCUT2D eigenvalue weighted by atomic mass is 32.2. The van der Waals surface area contributed by atoms with Crippen LogP contribution in [-0.2, 0) is 30.6 Å². The molecule has 30 heavy (non-hydrogen) atoms. The molecule has 158 valence electrons. The average molecular weight is 427 g/mol. The standard InChI is InChI=1S/C22H26N4O3S/c1-25-9-8-23-22(25)30-16-19-6-7-20(29-19)21(27)24-14-17-4-2-3-5-18(17)15-26-10-12-28-13-11-26/h2-9H,10-16H2,1H3,(H,24,27). The van der Waals surface area contributed by atoms with Crippen molar-refractivity contribution in [2.45, 2.75) is 24.0 Å². The Hall–Kier alpha value is -2.55. The van der Waals surface area contributed by atoms with Crippen LogP contribution in [0, 0.1) is 0 Å². The summed E-state index contributed by atoms with van der Waals surface area (Å²) in [5.41, 5.74) is 2.35. The van der Waals surface area contributed by atoms with Crippen LogP contribution in [0.5, 0.6) is 0 Å². The zero-order valence-corrected chi connectivity index (χ0v) is 17.9. The van der Waals surface area contributed by atoms with E-state index in [1.54, 1.807) is 24.0 Å². The molecule has 0 spiro atoms. The third-order valence-corrected chi connectivity index (χ3v) is 6.14. The fourth-order valence-electron chi connectivity index (χ4n) is 3.35. The molecule has 0 aliphatic carbocycles. The molecule has 2 aromatic heterocycles. The van der Waals surface area contributed by atoms with Crippen LogP contribution in [-0.4, -0.2) is 46.7 Å². The molecule has 0 radical (unpaired) electrons. The quantitative estimate of drug-likeness (QED) is 0.558. The van der Waals surface area contributed by atoms with Gasteiger partial charge in [0.2, 0.25) is 0 Å². The highest BCUT2D eigenvalue weighted by Gasteiger charge is 2.15. The molecule has 1 fully saturated rings. The molecule has 3 heterocycles. The molecule has 1 aromatic carbocycles. The summed E-state index contributed by atoms with van der Waals surface area (Å²) in [4.78, 5) is 19.2. The van der Waals surface area contributed by atoms with Crippen molar-refractivity contribution in [1.82, 2.24) is 19.8 Å². The summed E-state index contributed by atoms with van der Waals surface area (Å²) in [6.45, 7) is 4.76. The predicted molar refractivity (Wildman–Crippen MR) is 115 cm³/mol. The molecule has 0 unspecified atom stereocenters. The van der Waals surface area contributed by atoms with Crippen molar-refractivity contribution in [3.63, 3.8) is 0 Å². The molecule has 1 aliphatic rings. The fraction of sp³-hybridized carbons (Fsp3) is 0.364. The van der Waals surface area contributed by atoms with Gasteiger partial charge in [-0.15, -0.1) is 0 Å². The van der Waals surface area contributed by atoms with Crippen LogP contribution in [0.15, 0.2) is 58.4 Å². The number of hydrogen-bond acceptors (Lipinski definition) is 6. The van der Waals surface area contributed by atoms with E-state index in [1.807, 2.05) is 36.0 Å². The number of aryl methyl sites for hydroxylation is 1. The van der Waals surface area contributed by atoms with Gasteiger partial charge in [0.15, 0.2) is 10.9 Å². The van der Waals surface area contributed by atoms with Crippen LogP contribution in [0.25, 0.3) is 0 Å². The van der Waals surface area contributed by atoms with E-state index in [4.69, 9.17) is 9.15 Å². The monoisotopic (exact) mass is 426 g/mol. The number of carbonyl (C=O) groups excluding carboxylic acids is 1. The maximum Gasteiger partial charge on any atom is 0.287 e. The van der Waals surface area contributed by atoms with Crippen molar-refractivity contribution in [2.24, 2.45) is 7.05 Å². The number of hydrogen-bond donors (Lipinski definition) is 1. The number of thioether (sulfide) groups is 1. The summed E-state index contributed by atoms with van der Waals surface area (Å²) in [6, 6.07) is 11.8. The van der Waals surface area contributed by atoms with Gasteiger partial charge in [-0.1, -0.05) is 36.0 Å². The second-order valence-electron chi connectivity index (χ2n) is 7.22. The van der Waals surface area contributed by atoms with E-state index in [2.05, 4.69) is 27.3 Å². The van der Waals surface area contributed by atoms with Crippen molar-refractivity contribution in [2.75, 3.05) is 26.3 Å². The molecule has 8 heteroatoms. The number of nitrogens with one attached hydrogen (secondary N) is 1. The lowest BCUT2D eigenvalue weighted by molar-refractivity contribution is 0.0340. The van der Waals surface area contributed by atoms with Gasteiger partial charge in [-0.2, -0.15) is 0 Å². The number of rotatable bonds is 8. The Morgan fingerprint density at radius 1 is 1.17 bits per heavy atom. The van der Waals surface area contributed by atoms with Gasteiger partial charge >= 0.3 is 0 Å². The molecular weight excluding hydrogens is 400 g/mol. The molecule has 0 bridgehead atoms. The number of benzene rings is 1. The first-order valence-corrected chi connectivity index (χ1v) is 11.0. The lowest BCUT2D eigenvalue weighted by atomic mass is 10.1. The minimum absolute atomic E-state index is 0.204. The zero-order valence-electron chi connectivity index (χ0n) is 17.0.